The zero-order chi connectivity index (χ0) is 7.28. The molecule has 0 saturated heterocycles. The molecule has 0 spiro atoms. The Labute approximate surface area is 57.1 Å². The molecule has 0 fully saturated rings. The first-order valence-corrected chi connectivity index (χ1v) is 3.31. The molecule has 0 amide bonds. The van der Waals surface area contributed by atoms with E-state index in [4.69, 9.17) is 5.73 Å². The van der Waals surface area contributed by atoms with E-state index in [9.17, 15) is 0 Å². The van der Waals surface area contributed by atoms with Gasteiger partial charge < -0.3 is 11.1 Å². The minimum atomic E-state index is 0.916. The van der Waals surface area contributed by atoms with Crippen LogP contribution in [0.2, 0.25) is 0 Å². The predicted octanol–water partition coefficient (Wildman–Crippen LogP) is 0.849. The predicted molar refractivity (Wildman–Crippen MR) is 41.1 cm³/mol. The molecule has 0 radical (unpaired) electrons. The SMILES string of the molecule is CC/C(CNC)=C(\C)N. The number of nitrogens with two attached hydrogens (primary N) is 1. The van der Waals surface area contributed by atoms with Crippen molar-refractivity contribution < 1.29 is 0 Å². The number of hydrogen-bond donors (Lipinski definition) is 2. The summed E-state index contributed by atoms with van der Waals surface area (Å²) in [5.74, 6) is 0. The smallest absolute Gasteiger partial charge is 0.0181 e. The van der Waals surface area contributed by atoms with Gasteiger partial charge in [0, 0.05) is 12.2 Å². The van der Waals surface area contributed by atoms with Crippen LogP contribution in [0.3, 0.4) is 0 Å². The fourth-order valence-electron chi connectivity index (χ4n) is 0.757. The molecule has 0 aliphatic rings. The van der Waals surface area contributed by atoms with E-state index in [1.165, 1.54) is 5.57 Å². The van der Waals surface area contributed by atoms with E-state index in [0.29, 0.717) is 0 Å². The first kappa shape index (κ1) is 8.50. The molecule has 0 aliphatic heterocycles. The second-order valence-corrected chi connectivity index (χ2v) is 2.17. The summed E-state index contributed by atoms with van der Waals surface area (Å²) < 4.78 is 0. The molecule has 0 aromatic heterocycles. The Morgan fingerprint density at radius 1 is 1.56 bits per heavy atom. The highest BCUT2D eigenvalue weighted by Crippen LogP contribution is 2.00. The molecule has 0 bridgehead atoms. The first-order chi connectivity index (χ1) is 4.22. The number of hydrogen-bond acceptors (Lipinski definition) is 2. The third-order valence-electron chi connectivity index (χ3n) is 1.37. The van der Waals surface area contributed by atoms with Crippen molar-refractivity contribution >= 4 is 0 Å². The largest absolute Gasteiger partial charge is 0.402 e. The van der Waals surface area contributed by atoms with Crippen LogP contribution in [0.15, 0.2) is 11.3 Å². The van der Waals surface area contributed by atoms with Crippen LogP contribution in [0, 0.1) is 0 Å². The van der Waals surface area contributed by atoms with Crippen molar-refractivity contribution in [2.24, 2.45) is 5.73 Å². The fourth-order valence-corrected chi connectivity index (χ4v) is 0.757. The van der Waals surface area contributed by atoms with Crippen LogP contribution in [0.1, 0.15) is 20.3 Å². The van der Waals surface area contributed by atoms with Gasteiger partial charge in [0.15, 0.2) is 0 Å². The maximum Gasteiger partial charge on any atom is 0.0181 e. The highest BCUT2D eigenvalue weighted by Gasteiger charge is 1.93. The summed E-state index contributed by atoms with van der Waals surface area (Å²) >= 11 is 0. The lowest BCUT2D eigenvalue weighted by Crippen LogP contribution is -2.13. The fraction of sp³-hybridized carbons (Fsp3) is 0.714. The summed E-state index contributed by atoms with van der Waals surface area (Å²) in [7, 11) is 1.93. The lowest BCUT2D eigenvalue weighted by atomic mass is 10.1. The van der Waals surface area contributed by atoms with E-state index in [-0.39, 0.29) is 0 Å². The van der Waals surface area contributed by atoms with Crippen LogP contribution in [-0.4, -0.2) is 13.6 Å². The van der Waals surface area contributed by atoms with Gasteiger partial charge in [0.05, 0.1) is 0 Å². The molecule has 2 nitrogen and oxygen atoms in total. The standard InChI is InChI=1S/C7H16N2/c1-4-7(5-9-3)6(2)8/h9H,4-5,8H2,1-3H3/b7-6-. The molecule has 0 heterocycles. The number of likely N-dealkylation sites (N-methyl/N-ethyl adjacent to an activating group) is 1. The monoisotopic (exact) mass is 128 g/mol. The third kappa shape index (κ3) is 3.14. The molecule has 0 unspecified atom stereocenters. The lowest BCUT2D eigenvalue weighted by Gasteiger charge is -2.04. The maximum absolute atomic E-state index is 5.57. The van der Waals surface area contributed by atoms with Crippen LogP contribution in [0.5, 0.6) is 0 Å². The summed E-state index contributed by atoms with van der Waals surface area (Å²) in [6, 6.07) is 0. The van der Waals surface area contributed by atoms with Gasteiger partial charge in [-0.15, -0.1) is 0 Å². The van der Waals surface area contributed by atoms with Crippen molar-refractivity contribution in [1.29, 1.82) is 0 Å². The zero-order valence-electron chi connectivity index (χ0n) is 6.49. The Morgan fingerprint density at radius 2 is 2.11 bits per heavy atom. The number of nitrogens with one attached hydrogen (secondary N) is 1. The van der Waals surface area contributed by atoms with Gasteiger partial charge in [-0.05, 0) is 26.0 Å². The first-order valence-electron chi connectivity index (χ1n) is 3.31. The topological polar surface area (TPSA) is 38.0 Å². The Balaban J connectivity index is 3.83. The summed E-state index contributed by atoms with van der Waals surface area (Å²) in [4.78, 5) is 0. The van der Waals surface area contributed by atoms with Gasteiger partial charge >= 0.3 is 0 Å². The van der Waals surface area contributed by atoms with Gasteiger partial charge in [-0.3, -0.25) is 0 Å². The van der Waals surface area contributed by atoms with Crippen molar-refractivity contribution in [2.45, 2.75) is 20.3 Å². The molecule has 0 atom stereocenters. The van der Waals surface area contributed by atoms with Crippen LogP contribution in [-0.2, 0) is 0 Å². The molecule has 0 rings (SSSR count). The van der Waals surface area contributed by atoms with Crippen molar-refractivity contribution in [3.63, 3.8) is 0 Å². The molecule has 0 saturated carbocycles. The van der Waals surface area contributed by atoms with Crippen LogP contribution in [0.25, 0.3) is 0 Å². The Bertz CT molecular complexity index is 101. The molecule has 9 heavy (non-hydrogen) atoms. The quantitative estimate of drug-likeness (QED) is 0.591. The summed E-state index contributed by atoms with van der Waals surface area (Å²) in [5, 5.41) is 3.06. The molecule has 0 aromatic carbocycles. The minimum Gasteiger partial charge on any atom is -0.402 e. The second kappa shape index (κ2) is 4.39. The normalized spacial score (nSPS) is 13.2. The van der Waals surface area contributed by atoms with Gasteiger partial charge in [0.1, 0.15) is 0 Å². The van der Waals surface area contributed by atoms with Crippen molar-refractivity contribution in [3.8, 4) is 0 Å². The van der Waals surface area contributed by atoms with E-state index >= 15 is 0 Å². The van der Waals surface area contributed by atoms with E-state index in [1.54, 1.807) is 0 Å². The van der Waals surface area contributed by atoms with E-state index in [2.05, 4.69) is 12.2 Å². The summed E-state index contributed by atoms with van der Waals surface area (Å²) in [6.07, 6.45) is 1.04. The van der Waals surface area contributed by atoms with Crippen LogP contribution < -0.4 is 11.1 Å². The van der Waals surface area contributed by atoms with Crippen LogP contribution >= 0.6 is 0 Å². The molecular weight excluding hydrogens is 112 g/mol. The maximum atomic E-state index is 5.57. The average Bonchev–Trinajstić information content (AvgIpc) is 1.82. The molecule has 2 heteroatoms. The highest BCUT2D eigenvalue weighted by atomic mass is 14.8. The van der Waals surface area contributed by atoms with Crippen LogP contribution in [0.4, 0.5) is 0 Å². The van der Waals surface area contributed by atoms with Gasteiger partial charge in [-0.25, -0.2) is 0 Å². The van der Waals surface area contributed by atoms with Gasteiger partial charge in [-0.2, -0.15) is 0 Å². The Morgan fingerprint density at radius 3 is 2.22 bits per heavy atom. The average molecular weight is 128 g/mol. The van der Waals surface area contributed by atoms with Crippen molar-refractivity contribution in [2.75, 3.05) is 13.6 Å². The second-order valence-electron chi connectivity index (χ2n) is 2.17. The van der Waals surface area contributed by atoms with Crippen molar-refractivity contribution in [1.82, 2.24) is 5.32 Å². The van der Waals surface area contributed by atoms with Gasteiger partial charge in [0.2, 0.25) is 0 Å². The molecule has 3 N–H and O–H groups in total. The lowest BCUT2D eigenvalue weighted by molar-refractivity contribution is 0.828. The summed E-state index contributed by atoms with van der Waals surface area (Å²) in [5.41, 5.74) is 7.83. The summed E-state index contributed by atoms with van der Waals surface area (Å²) in [6.45, 7) is 4.97. The highest BCUT2D eigenvalue weighted by molar-refractivity contribution is 5.09. The molecule has 0 aliphatic carbocycles. The molecule has 0 aromatic rings. The van der Waals surface area contributed by atoms with E-state index in [0.717, 1.165) is 18.7 Å². The Kier molecular flexibility index (Phi) is 4.14. The van der Waals surface area contributed by atoms with E-state index in [1.807, 2.05) is 14.0 Å². The minimum absolute atomic E-state index is 0.916. The molecule has 54 valence electrons. The van der Waals surface area contributed by atoms with Crippen molar-refractivity contribution in [3.05, 3.63) is 11.3 Å². The Hall–Kier alpha value is -0.500. The van der Waals surface area contributed by atoms with Gasteiger partial charge in [0.25, 0.3) is 0 Å². The number of allylic oxidation sites excluding steroid dienone is 1. The van der Waals surface area contributed by atoms with E-state index < -0.39 is 0 Å². The number of rotatable bonds is 3. The zero-order valence-corrected chi connectivity index (χ0v) is 6.49. The third-order valence-corrected chi connectivity index (χ3v) is 1.37. The molecular formula is C7H16N2. The van der Waals surface area contributed by atoms with Gasteiger partial charge in [-0.1, -0.05) is 6.92 Å².